The standard InChI is InChI=1S/C21H20N2O5/c24-18(22-11-10-15-6-2-1-3-7-15)14-28-20(26)13-23-19(25)12-16-8-4-5-9-17(16)21(23)27/h1-9H,10-14H2,(H,22,24). The maximum Gasteiger partial charge on any atom is 0.326 e. The van der Waals surface area contributed by atoms with Gasteiger partial charge in [-0.15, -0.1) is 0 Å². The van der Waals surface area contributed by atoms with Gasteiger partial charge >= 0.3 is 5.97 Å². The van der Waals surface area contributed by atoms with E-state index in [2.05, 4.69) is 5.32 Å². The Hall–Kier alpha value is -3.48. The predicted octanol–water partition coefficient (Wildman–Crippen LogP) is 1.11. The Labute approximate surface area is 162 Å². The van der Waals surface area contributed by atoms with Crippen LogP contribution in [0.25, 0.3) is 0 Å². The zero-order valence-electron chi connectivity index (χ0n) is 15.2. The highest BCUT2D eigenvalue weighted by molar-refractivity contribution is 6.11. The normalized spacial score (nSPS) is 13.1. The van der Waals surface area contributed by atoms with Crippen molar-refractivity contribution in [1.82, 2.24) is 10.2 Å². The van der Waals surface area contributed by atoms with Gasteiger partial charge in [0.25, 0.3) is 11.8 Å². The number of rotatable bonds is 7. The molecule has 0 saturated heterocycles. The number of ether oxygens (including phenoxy) is 1. The van der Waals surface area contributed by atoms with E-state index < -0.39 is 36.8 Å². The number of nitrogens with zero attached hydrogens (tertiary/aromatic N) is 1. The molecule has 7 nitrogen and oxygen atoms in total. The van der Waals surface area contributed by atoms with Crippen molar-refractivity contribution in [3.8, 4) is 0 Å². The van der Waals surface area contributed by atoms with Gasteiger partial charge in [0.15, 0.2) is 6.61 Å². The van der Waals surface area contributed by atoms with Crippen LogP contribution in [0, 0.1) is 0 Å². The molecule has 1 aliphatic heterocycles. The lowest BCUT2D eigenvalue weighted by Crippen LogP contribution is -2.45. The van der Waals surface area contributed by atoms with Gasteiger partial charge in [-0.05, 0) is 23.6 Å². The van der Waals surface area contributed by atoms with Crippen LogP contribution >= 0.6 is 0 Å². The SMILES string of the molecule is O=C(COC(=O)CN1C(=O)Cc2ccccc2C1=O)NCCc1ccccc1. The van der Waals surface area contributed by atoms with Gasteiger partial charge in [0, 0.05) is 12.1 Å². The molecule has 0 saturated carbocycles. The molecule has 0 atom stereocenters. The highest BCUT2D eigenvalue weighted by Crippen LogP contribution is 2.19. The molecule has 3 rings (SSSR count). The van der Waals surface area contributed by atoms with Crippen molar-refractivity contribution in [1.29, 1.82) is 0 Å². The number of fused-ring (bicyclic) bond motifs is 1. The van der Waals surface area contributed by atoms with Crippen molar-refractivity contribution in [3.63, 3.8) is 0 Å². The third-order valence-corrected chi connectivity index (χ3v) is 4.37. The molecular weight excluding hydrogens is 360 g/mol. The molecule has 0 aliphatic carbocycles. The molecule has 0 bridgehead atoms. The third-order valence-electron chi connectivity index (χ3n) is 4.37. The smallest absolute Gasteiger partial charge is 0.326 e. The summed E-state index contributed by atoms with van der Waals surface area (Å²) in [5, 5.41) is 2.66. The van der Waals surface area contributed by atoms with Crippen molar-refractivity contribution >= 4 is 23.7 Å². The lowest BCUT2D eigenvalue weighted by atomic mass is 9.98. The number of nitrogens with one attached hydrogen (secondary N) is 1. The molecule has 1 aliphatic rings. The summed E-state index contributed by atoms with van der Waals surface area (Å²) in [5.41, 5.74) is 2.12. The molecule has 0 aromatic heterocycles. The van der Waals surface area contributed by atoms with Gasteiger partial charge in [0.05, 0.1) is 6.42 Å². The van der Waals surface area contributed by atoms with E-state index in [-0.39, 0.29) is 6.42 Å². The zero-order chi connectivity index (χ0) is 19.9. The van der Waals surface area contributed by atoms with Crippen LogP contribution < -0.4 is 5.32 Å². The van der Waals surface area contributed by atoms with Gasteiger partial charge in [-0.1, -0.05) is 48.5 Å². The molecule has 0 radical (unpaired) electrons. The van der Waals surface area contributed by atoms with Crippen LogP contribution in [0.4, 0.5) is 0 Å². The van der Waals surface area contributed by atoms with Gasteiger partial charge in [0.2, 0.25) is 5.91 Å². The van der Waals surface area contributed by atoms with Crippen molar-refractivity contribution in [2.24, 2.45) is 0 Å². The van der Waals surface area contributed by atoms with Crippen molar-refractivity contribution in [2.45, 2.75) is 12.8 Å². The van der Waals surface area contributed by atoms with Crippen LogP contribution in [-0.4, -0.2) is 48.3 Å². The van der Waals surface area contributed by atoms with Crippen LogP contribution in [0.1, 0.15) is 21.5 Å². The summed E-state index contributed by atoms with van der Waals surface area (Å²) < 4.78 is 4.90. The molecule has 1 N–H and O–H groups in total. The molecule has 3 amide bonds. The number of amides is 3. The quantitative estimate of drug-likeness (QED) is 0.574. The average molecular weight is 380 g/mol. The minimum absolute atomic E-state index is 0.0508. The number of benzene rings is 2. The Morgan fingerprint density at radius 2 is 1.71 bits per heavy atom. The Morgan fingerprint density at radius 3 is 2.50 bits per heavy atom. The maximum atomic E-state index is 12.4. The summed E-state index contributed by atoms with van der Waals surface area (Å²) in [6.07, 6.45) is 0.714. The van der Waals surface area contributed by atoms with Crippen molar-refractivity contribution in [3.05, 3.63) is 71.3 Å². The second-order valence-corrected chi connectivity index (χ2v) is 6.37. The first kappa shape index (κ1) is 19.3. The Morgan fingerprint density at radius 1 is 1.00 bits per heavy atom. The number of carbonyl (C=O) groups excluding carboxylic acids is 4. The van der Waals surface area contributed by atoms with Gasteiger partial charge in [-0.2, -0.15) is 0 Å². The van der Waals surface area contributed by atoms with Gasteiger partial charge in [0.1, 0.15) is 6.54 Å². The summed E-state index contributed by atoms with van der Waals surface area (Å²) in [5.74, 6) is -2.24. The second kappa shape index (κ2) is 8.94. The first-order valence-corrected chi connectivity index (χ1v) is 8.93. The minimum atomic E-state index is -0.806. The Balaban J connectivity index is 1.43. The third kappa shape index (κ3) is 4.82. The van der Waals surface area contributed by atoms with E-state index in [0.717, 1.165) is 10.5 Å². The van der Waals surface area contributed by atoms with E-state index >= 15 is 0 Å². The van der Waals surface area contributed by atoms with E-state index in [0.29, 0.717) is 24.1 Å². The first-order chi connectivity index (χ1) is 13.5. The molecule has 1 heterocycles. The molecule has 0 fully saturated rings. The highest BCUT2D eigenvalue weighted by atomic mass is 16.5. The minimum Gasteiger partial charge on any atom is -0.454 e. The van der Waals surface area contributed by atoms with Gasteiger partial charge in [-0.3, -0.25) is 24.1 Å². The number of hydrogen-bond donors (Lipinski definition) is 1. The maximum absolute atomic E-state index is 12.4. The molecule has 7 heteroatoms. The molecule has 0 spiro atoms. The fourth-order valence-corrected chi connectivity index (χ4v) is 2.92. The Kier molecular flexibility index (Phi) is 6.16. The molecule has 2 aromatic carbocycles. The summed E-state index contributed by atoms with van der Waals surface area (Å²) >= 11 is 0. The van der Waals surface area contributed by atoms with Crippen LogP contribution in [0.3, 0.4) is 0 Å². The molecule has 28 heavy (non-hydrogen) atoms. The topological polar surface area (TPSA) is 92.8 Å². The largest absolute Gasteiger partial charge is 0.454 e. The second-order valence-electron chi connectivity index (χ2n) is 6.37. The lowest BCUT2D eigenvalue weighted by Gasteiger charge is -2.25. The molecule has 144 valence electrons. The number of hydrogen-bond acceptors (Lipinski definition) is 5. The molecule has 2 aromatic rings. The monoisotopic (exact) mass is 380 g/mol. The number of esters is 1. The summed E-state index contributed by atoms with van der Waals surface area (Å²) in [6, 6.07) is 16.4. The summed E-state index contributed by atoms with van der Waals surface area (Å²) in [7, 11) is 0. The first-order valence-electron chi connectivity index (χ1n) is 8.93. The van der Waals surface area contributed by atoms with E-state index in [1.54, 1.807) is 24.3 Å². The molecular formula is C21H20N2O5. The fourth-order valence-electron chi connectivity index (χ4n) is 2.92. The van der Waals surface area contributed by atoms with Crippen LogP contribution in [0.15, 0.2) is 54.6 Å². The van der Waals surface area contributed by atoms with Crippen molar-refractivity contribution in [2.75, 3.05) is 19.7 Å². The highest BCUT2D eigenvalue weighted by Gasteiger charge is 2.32. The fraction of sp³-hybridized carbons (Fsp3) is 0.238. The van der Waals surface area contributed by atoms with E-state index in [1.165, 1.54) is 0 Å². The number of imide groups is 1. The zero-order valence-corrected chi connectivity index (χ0v) is 15.2. The lowest BCUT2D eigenvalue weighted by molar-refractivity contribution is -0.151. The number of carbonyl (C=O) groups is 4. The predicted molar refractivity (Wildman–Crippen MR) is 100 cm³/mol. The van der Waals surface area contributed by atoms with Crippen LogP contribution in [-0.2, 0) is 32.0 Å². The van der Waals surface area contributed by atoms with Gasteiger partial charge in [-0.25, -0.2) is 0 Å². The summed E-state index contributed by atoms with van der Waals surface area (Å²) in [4.78, 5) is 49.1. The average Bonchev–Trinajstić information content (AvgIpc) is 2.70. The molecule has 0 unspecified atom stereocenters. The van der Waals surface area contributed by atoms with E-state index in [9.17, 15) is 19.2 Å². The van der Waals surface area contributed by atoms with E-state index in [4.69, 9.17) is 4.74 Å². The van der Waals surface area contributed by atoms with E-state index in [1.807, 2.05) is 30.3 Å². The van der Waals surface area contributed by atoms with Crippen LogP contribution in [0.2, 0.25) is 0 Å². The van der Waals surface area contributed by atoms with Crippen LogP contribution in [0.5, 0.6) is 0 Å². The van der Waals surface area contributed by atoms with Gasteiger partial charge < -0.3 is 10.1 Å². The summed E-state index contributed by atoms with van der Waals surface area (Å²) in [6.45, 7) is -0.552. The Bertz CT molecular complexity index is 895. The van der Waals surface area contributed by atoms with Crippen molar-refractivity contribution < 1.29 is 23.9 Å².